The van der Waals surface area contributed by atoms with Crippen molar-refractivity contribution >= 4 is 11.9 Å². The van der Waals surface area contributed by atoms with Crippen LogP contribution in [-0.4, -0.2) is 36.2 Å². The molecule has 0 aliphatic carbocycles. The highest BCUT2D eigenvalue weighted by atomic mass is 16.5. The molecule has 0 spiro atoms. The monoisotopic (exact) mass is 239 g/mol. The Morgan fingerprint density at radius 3 is 2.76 bits per heavy atom. The second-order valence-electron chi connectivity index (χ2n) is 3.81. The molecule has 1 fully saturated rings. The molecule has 1 unspecified atom stereocenters. The van der Waals surface area contributed by atoms with Gasteiger partial charge in [-0.15, -0.1) is 0 Å². The number of hydrogen-bond acceptors (Lipinski definition) is 4. The molecule has 1 aromatic heterocycles. The van der Waals surface area contributed by atoms with Gasteiger partial charge < -0.3 is 19.6 Å². The van der Waals surface area contributed by atoms with Crippen molar-refractivity contribution in [1.29, 1.82) is 0 Å². The Hall–Kier alpha value is -1.82. The van der Waals surface area contributed by atoms with Gasteiger partial charge >= 0.3 is 5.97 Å². The predicted octanol–water partition coefficient (Wildman–Crippen LogP) is 0.887. The largest absolute Gasteiger partial charge is 0.475 e. The smallest absolute Gasteiger partial charge is 0.371 e. The fourth-order valence-electron chi connectivity index (χ4n) is 1.67. The Labute approximate surface area is 97.6 Å². The highest BCUT2D eigenvalue weighted by molar-refractivity contribution is 5.93. The third kappa shape index (κ3) is 2.85. The van der Waals surface area contributed by atoms with Crippen molar-refractivity contribution in [1.82, 2.24) is 5.32 Å². The van der Waals surface area contributed by atoms with E-state index in [0.29, 0.717) is 6.54 Å². The van der Waals surface area contributed by atoms with Crippen molar-refractivity contribution in [3.05, 3.63) is 23.7 Å². The van der Waals surface area contributed by atoms with E-state index in [1.54, 1.807) is 0 Å². The minimum Gasteiger partial charge on any atom is -0.475 e. The lowest BCUT2D eigenvalue weighted by molar-refractivity contribution is 0.0658. The van der Waals surface area contributed by atoms with Gasteiger partial charge in [0.05, 0.1) is 6.10 Å². The summed E-state index contributed by atoms with van der Waals surface area (Å²) in [5.41, 5.74) is 0. The average Bonchev–Trinajstić information content (AvgIpc) is 2.96. The van der Waals surface area contributed by atoms with E-state index in [4.69, 9.17) is 14.3 Å². The van der Waals surface area contributed by atoms with Crippen molar-refractivity contribution in [2.45, 2.75) is 18.9 Å². The van der Waals surface area contributed by atoms with Crippen molar-refractivity contribution in [2.24, 2.45) is 0 Å². The van der Waals surface area contributed by atoms with E-state index in [1.807, 2.05) is 0 Å². The SMILES string of the molecule is O=C(O)c1ccc(C(=O)NCC2CCCO2)o1. The van der Waals surface area contributed by atoms with Gasteiger partial charge in [-0.1, -0.05) is 0 Å². The zero-order chi connectivity index (χ0) is 12.3. The summed E-state index contributed by atoms with van der Waals surface area (Å²) >= 11 is 0. The fraction of sp³-hybridized carbons (Fsp3) is 0.455. The molecule has 0 aromatic carbocycles. The van der Waals surface area contributed by atoms with Gasteiger partial charge in [0, 0.05) is 13.2 Å². The summed E-state index contributed by atoms with van der Waals surface area (Å²) in [7, 11) is 0. The average molecular weight is 239 g/mol. The second-order valence-corrected chi connectivity index (χ2v) is 3.81. The Morgan fingerprint density at radius 2 is 2.18 bits per heavy atom. The van der Waals surface area contributed by atoms with Crippen LogP contribution in [0.4, 0.5) is 0 Å². The van der Waals surface area contributed by atoms with Gasteiger partial charge in [0.1, 0.15) is 0 Å². The normalized spacial score (nSPS) is 19.2. The number of rotatable bonds is 4. The molecule has 92 valence electrons. The molecule has 6 heteroatoms. The lowest BCUT2D eigenvalue weighted by Crippen LogP contribution is -2.31. The number of furan rings is 1. The summed E-state index contributed by atoms with van der Waals surface area (Å²) in [4.78, 5) is 22.1. The van der Waals surface area contributed by atoms with Gasteiger partial charge in [-0.3, -0.25) is 4.79 Å². The number of hydrogen-bond donors (Lipinski definition) is 2. The first-order valence-electron chi connectivity index (χ1n) is 5.40. The molecular weight excluding hydrogens is 226 g/mol. The lowest BCUT2D eigenvalue weighted by atomic mass is 10.2. The first-order chi connectivity index (χ1) is 8.16. The van der Waals surface area contributed by atoms with E-state index in [0.717, 1.165) is 19.4 Å². The summed E-state index contributed by atoms with van der Waals surface area (Å²) in [6, 6.07) is 2.59. The van der Waals surface area contributed by atoms with Gasteiger partial charge in [-0.25, -0.2) is 4.79 Å². The van der Waals surface area contributed by atoms with Gasteiger partial charge in [0.15, 0.2) is 5.76 Å². The van der Waals surface area contributed by atoms with E-state index in [9.17, 15) is 9.59 Å². The number of aromatic carboxylic acids is 1. The van der Waals surface area contributed by atoms with E-state index in [2.05, 4.69) is 5.32 Å². The van der Waals surface area contributed by atoms with Crippen LogP contribution in [0, 0.1) is 0 Å². The molecule has 17 heavy (non-hydrogen) atoms. The number of carbonyl (C=O) groups excluding carboxylic acids is 1. The van der Waals surface area contributed by atoms with Gasteiger partial charge in [0.2, 0.25) is 5.76 Å². The number of carboxylic acid groups (broad SMARTS) is 1. The molecule has 1 amide bonds. The van der Waals surface area contributed by atoms with Crippen molar-refractivity contribution < 1.29 is 23.8 Å². The molecule has 2 N–H and O–H groups in total. The highest BCUT2D eigenvalue weighted by Gasteiger charge is 2.19. The summed E-state index contributed by atoms with van der Waals surface area (Å²) in [6.07, 6.45) is 1.98. The van der Waals surface area contributed by atoms with Gasteiger partial charge in [-0.05, 0) is 25.0 Å². The van der Waals surface area contributed by atoms with Crippen LogP contribution in [0.3, 0.4) is 0 Å². The summed E-state index contributed by atoms with van der Waals surface area (Å²) in [5, 5.41) is 11.3. The maximum absolute atomic E-state index is 11.6. The van der Waals surface area contributed by atoms with E-state index in [1.165, 1.54) is 12.1 Å². The molecule has 6 nitrogen and oxygen atoms in total. The fourth-order valence-corrected chi connectivity index (χ4v) is 1.67. The standard InChI is InChI=1S/C11H13NO5/c13-10(12-6-7-2-1-5-16-7)8-3-4-9(17-8)11(14)15/h3-4,7H,1-2,5-6H2,(H,12,13)(H,14,15). The van der Waals surface area contributed by atoms with Crippen molar-refractivity contribution in [3.63, 3.8) is 0 Å². The zero-order valence-electron chi connectivity index (χ0n) is 9.14. The molecular formula is C11H13NO5. The Balaban J connectivity index is 1.87. The van der Waals surface area contributed by atoms with Crippen LogP contribution in [0.25, 0.3) is 0 Å². The lowest BCUT2D eigenvalue weighted by Gasteiger charge is -2.09. The first-order valence-corrected chi connectivity index (χ1v) is 5.40. The molecule has 1 aliphatic heterocycles. The second kappa shape index (κ2) is 5.01. The first kappa shape index (κ1) is 11.7. The molecule has 1 atom stereocenters. The Morgan fingerprint density at radius 1 is 1.41 bits per heavy atom. The zero-order valence-corrected chi connectivity index (χ0v) is 9.14. The van der Waals surface area contributed by atoms with Crippen LogP contribution in [0.15, 0.2) is 16.5 Å². The molecule has 1 aromatic rings. The summed E-state index contributed by atoms with van der Waals surface area (Å²) in [5.74, 6) is -1.86. The van der Waals surface area contributed by atoms with Crippen LogP contribution in [-0.2, 0) is 4.74 Å². The van der Waals surface area contributed by atoms with Crippen LogP contribution in [0.2, 0.25) is 0 Å². The maximum Gasteiger partial charge on any atom is 0.371 e. The number of carbonyl (C=O) groups is 2. The van der Waals surface area contributed by atoms with Crippen LogP contribution in [0.5, 0.6) is 0 Å². The van der Waals surface area contributed by atoms with Crippen LogP contribution < -0.4 is 5.32 Å². The number of ether oxygens (including phenoxy) is 1. The van der Waals surface area contributed by atoms with Crippen molar-refractivity contribution in [3.8, 4) is 0 Å². The number of amides is 1. The van der Waals surface area contributed by atoms with Crippen LogP contribution >= 0.6 is 0 Å². The molecule has 1 saturated heterocycles. The number of carboxylic acids is 1. The predicted molar refractivity (Wildman–Crippen MR) is 57.0 cm³/mol. The topological polar surface area (TPSA) is 88.8 Å². The van der Waals surface area contributed by atoms with Gasteiger partial charge in [0.25, 0.3) is 5.91 Å². The van der Waals surface area contributed by atoms with Crippen LogP contribution in [0.1, 0.15) is 34.0 Å². The number of nitrogens with one attached hydrogen (secondary N) is 1. The van der Waals surface area contributed by atoms with Crippen molar-refractivity contribution in [2.75, 3.05) is 13.2 Å². The maximum atomic E-state index is 11.6. The minimum atomic E-state index is -1.19. The van der Waals surface area contributed by atoms with Gasteiger partial charge in [-0.2, -0.15) is 0 Å². The minimum absolute atomic E-state index is 0.000368. The molecule has 0 radical (unpaired) electrons. The Bertz CT molecular complexity index is 419. The van der Waals surface area contributed by atoms with E-state index < -0.39 is 11.9 Å². The molecule has 0 saturated carbocycles. The molecule has 2 heterocycles. The highest BCUT2D eigenvalue weighted by Crippen LogP contribution is 2.11. The summed E-state index contributed by atoms with van der Waals surface area (Å²) in [6.45, 7) is 1.15. The van der Waals surface area contributed by atoms with E-state index >= 15 is 0 Å². The molecule has 1 aliphatic rings. The third-order valence-electron chi connectivity index (χ3n) is 2.55. The third-order valence-corrected chi connectivity index (χ3v) is 2.55. The Kier molecular flexibility index (Phi) is 3.43. The summed E-state index contributed by atoms with van der Waals surface area (Å²) < 4.78 is 10.2. The van der Waals surface area contributed by atoms with E-state index in [-0.39, 0.29) is 17.6 Å². The quantitative estimate of drug-likeness (QED) is 0.814. The molecule has 0 bridgehead atoms. The molecule has 2 rings (SSSR count).